The SMILES string of the molecule is CCC1(C)NC(=O)C(C)N(Cc2ccc(OC)nc2)C1=O. The molecule has 114 valence electrons. The first-order chi connectivity index (χ1) is 9.91. The number of methoxy groups -OCH3 is 1. The summed E-state index contributed by atoms with van der Waals surface area (Å²) in [6, 6.07) is 3.11. The van der Waals surface area contributed by atoms with Crippen LogP contribution in [0, 0.1) is 0 Å². The number of rotatable bonds is 4. The van der Waals surface area contributed by atoms with Gasteiger partial charge in [0.1, 0.15) is 11.6 Å². The number of ether oxygens (including phenoxy) is 1. The first-order valence-electron chi connectivity index (χ1n) is 7.03. The summed E-state index contributed by atoms with van der Waals surface area (Å²) in [4.78, 5) is 30.4. The fourth-order valence-electron chi connectivity index (χ4n) is 2.33. The Morgan fingerprint density at radius 1 is 1.43 bits per heavy atom. The molecule has 21 heavy (non-hydrogen) atoms. The smallest absolute Gasteiger partial charge is 0.249 e. The molecule has 0 bridgehead atoms. The van der Waals surface area contributed by atoms with Crippen LogP contribution in [-0.4, -0.2) is 40.4 Å². The Balaban J connectivity index is 2.22. The molecule has 1 aromatic heterocycles. The number of piperazine rings is 1. The lowest BCUT2D eigenvalue weighted by Gasteiger charge is -2.43. The molecular formula is C15H21N3O3. The zero-order valence-electron chi connectivity index (χ0n) is 12.8. The molecule has 0 radical (unpaired) electrons. The molecule has 2 unspecified atom stereocenters. The molecule has 0 saturated carbocycles. The van der Waals surface area contributed by atoms with Crippen molar-refractivity contribution >= 4 is 11.8 Å². The van der Waals surface area contributed by atoms with E-state index in [-0.39, 0.29) is 11.8 Å². The lowest BCUT2D eigenvalue weighted by molar-refractivity contribution is -0.154. The highest BCUT2D eigenvalue weighted by Gasteiger charge is 2.45. The molecule has 2 atom stereocenters. The van der Waals surface area contributed by atoms with Gasteiger partial charge in [0.2, 0.25) is 17.7 Å². The molecule has 2 rings (SSSR count). The predicted octanol–water partition coefficient (Wildman–Crippen LogP) is 1.11. The van der Waals surface area contributed by atoms with Crippen LogP contribution in [0.3, 0.4) is 0 Å². The van der Waals surface area contributed by atoms with Crippen LogP contribution in [0.15, 0.2) is 18.3 Å². The largest absolute Gasteiger partial charge is 0.481 e. The summed E-state index contributed by atoms with van der Waals surface area (Å²) in [5, 5.41) is 2.81. The Bertz CT molecular complexity index is 544. The van der Waals surface area contributed by atoms with Crippen LogP contribution in [0.2, 0.25) is 0 Å². The number of hydrogen-bond donors (Lipinski definition) is 1. The van der Waals surface area contributed by atoms with E-state index >= 15 is 0 Å². The van der Waals surface area contributed by atoms with Crippen molar-refractivity contribution in [2.45, 2.75) is 45.3 Å². The Morgan fingerprint density at radius 3 is 2.67 bits per heavy atom. The summed E-state index contributed by atoms with van der Waals surface area (Å²) < 4.78 is 5.01. The van der Waals surface area contributed by atoms with Crippen LogP contribution >= 0.6 is 0 Å². The summed E-state index contributed by atoms with van der Waals surface area (Å²) in [5.41, 5.74) is 0.0351. The van der Waals surface area contributed by atoms with E-state index in [9.17, 15) is 9.59 Å². The van der Waals surface area contributed by atoms with Crippen molar-refractivity contribution in [2.75, 3.05) is 7.11 Å². The summed E-state index contributed by atoms with van der Waals surface area (Å²) in [5.74, 6) is 0.334. The van der Waals surface area contributed by atoms with E-state index in [0.29, 0.717) is 18.8 Å². The quantitative estimate of drug-likeness (QED) is 0.902. The number of pyridine rings is 1. The van der Waals surface area contributed by atoms with Gasteiger partial charge < -0.3 is 15.0 Å². The van der Waals surface area contributed by atoms with Crippen molar-refractivity contribution in [3.05, 3.63) is 23.9 Å². The van der Waals surface area contributed by atoms with E-state index < -0.39 is 11.6 Å². The molecule has 2 heterocycles. The van der Waals surface area contributed by atoms with Gasteiger partial charge in [0.15, 0.2) is 0 Å². The number of amides is 2. The molecule has 0 aromatic carbocycles. The van der Waals surface area contributed by atoms with Crippen molar-refractivity contribution in [1.29, 1.82) is 0 Å². The normalized spacial score (nSPS) is 25.7. The average Bonchev–Trinajstić information content (AvgIpc) is 2.50. The summed E-state index contributed by atoms with van der Waals surface area (Å²) in [7, 11) is 1.55. The van der Waals surface area contributed by atoms with Gasteiger partial charge in [-0.25, -0.2) is 4.98 Å². The lowest BCUT2D eigenvalue weighted by atomic mass is 9.92. The molecule has 2 amide bonds. The Hall–Kier alpha value is -2.11. The molecule has 1 aliphatic heterocycles. The molecule has 1 aliphatic rings. The van der Waals surface area contributed by atoms with Gasteiger partial charge in [0.25, 0.3) is 0 Å². The van der Waals surface area contributed by atoms with Crippen LogP contribution in [-0.2, 0) is 16.1 Å². The molecule has 1 saturated heterocycles. The van der Waals surface area contributed by atoms with E-state index in [1.54, 1.807) is 38.1 Å². The maximum absolute atomic E-state index is 12.6. The highest BCUT2D eigenvalue weighted by Crippen LogP contribution is 2.23. The highest BCUT2D eigenvalue weighted by molar-refractivity contribution is 5.99. The number of nitrogens with one attached hydrogen (secondary N) is 1. The molecule has 6 heteroatoms. The van der Waals surface area contributed by atoms with Crippen LogP contribution in [0.5, 0.6) is 5.88 Å². The molecule has 1 fully saturated rings. The first-order valence-corrected chi connectivity index (χ1v) is 7.03. The molecule has 0 aliphatic carbocycles. The average molecular weight is 291 g/mol. The second kappa shape index (κ2) is 5.71. The zero-order valence-corrected chi connectivity index (χ0v) is 12.8. The van der Waals surface area contributed by atoms with Gasteiger partial charge in [-0.1, -0.05) is 13.0 Å². The second-order valence-corrected chi connectivity index (χ2v) is 5.49. The Labute approximate surface area is 124 Å². The number of hydrogen-bond acceptors (Lipinski definition) is 4. The highest BCUT2D eigenvalue weighted by atomic mass is 16.5. The second-order valence-electron chi connectivity index (χ2n) is 5.49. The molecule has 1 N–H and O–H groups in total. The van der Waals surface area contributed by atoms with E-state index in [4.69, 9.17) is 4.74 Å². The third kappa shape index (κ3) is 2.84. The minimum absolute atomic E-state index is 0.0621. The van der Waals surface area contributed by atoms with Crippen LogP contribution in [0.25, 0.3) is 0 Å². The van der Waals surface area contributed by atoms with Gasteiger partial charge in [-0.3, -0.25) is 9.59 Å². The Morgan fingerprint density at radius 2 is 2.14 bits per heavy atom. The maximum Gasteiger partial charge on any atom is 0.249 e. The maximum atomic E-state index is 12.6. The minimum atomic E-state index is -0.830. The fraction of sp³-hybridized carbons (Fsp3) is 0.533. The molecular weight excluding hydrogens is 270 g/mol. The van der Waals surface area contributed by atoms with Gasteiger partial charge in [0.05, 0.1) is 7.11 Å². The van der Waals surface area contributed by atoms with Crippen molar-refractivity contribution in [3.8, 4) is 5.88 Å². The van der Waals surface area contributed by atoms with E-state index in [1.165, 1.54) is 0 Å². The van der Waals surface area contributed by atoms with E-state index in [1.807, 2.05) is 13.0 Å². The minimum Gasteiger partial charge on any atom is -0.481 e. The van der Waals surface area contributed by atoms with Crippen LogP contribution in [0.1, 0.15) is 32.8 Å². The van der Waals surface area contributed by atoms with Gasteiger partial charge in [0, 0.05) is 18.8 Å². The number of nitrogens with zero attached hydrogens (tertiary/aromatic N) is 2. The third-order valence-electron chi connectivity index (χ3n) is 4.05. The number of carbonyl (C=O) groups excluding carboxylic acids is 2. The van der Waals surface area contributed by atoms with Crippen LogP contribution in [0.4, 0.5) is 0 Å². The summed E-state index contributed by atoms with van der Waals surface area (Å²) >= 11 is 0. The summed E-state index contributed by atoms with van der Waals surface area (Å²) in [6.07, 6.45) is 2.22. The first kappa shape index (κ1) is 15.3. The van der Waals surface area contributed by atoms with Gasteiger partial charge in [-0.15, -0.1) is 0 Å². The fourth-order valence-corrected chi connectivity index (χ4v) is 2.33. The van der Waals surface area contributed by atoms with Gasteiger partial charge in [-0.2, -0.15) is 0 Å². The van der Waals surface area contributed by atoms with Crippen molar-refractivity contribution < 1.29 is 14.3 Å². The standard InChI is InChI=1S/C15H21N3O3/c1-5-15(3)14(20)18(10(2)13(19)17-15)9-11-6-7-12(21-4)16-8-11/h6-8,10H,5,9H2,1-4H3,(H,17,19). The van der Waals surface area contributed by atoms with Gasteiger partial charge >= 0.3 is 0 Å². The molecule has 0 spiro atoms. The van der Waals surface area contributed by atoms with Gasteiger partial charge in [-0.05, 0) is 25.8 Å². The number of carbonyl (C=O) groups is 2. The third-order valence-corrected chi connectivity index (χ3v) is 4.05. The van der Waals surface area contributed by atoms with Crippen molar-refractivity contribution in [1.82, 2.24) is 15.2 Å². The monoisotopic (exact) mass is 291 g/mol. The van der Waals surface area contributed by atoms with Crippen LogP contribution < -0.4 is 10.1 Å². The van der Waals surface area contributed by atoms with E-state index in [2.05, 4.69) is 10.3 Å². The predicted molar refractivity (Wildman–Crippen MR) is 77.6 cm³/mol. The molecule has 6 nitrogen and oxygen atoms in total. The lowest BCUT2D eigenvalue weighted by Crippen LogP contribution is -2.68. The molecule has 1 aromatic rings. The zero-order chi connectivity index (χ0) is 15.6. The van der Waals surface area contributed by atoms with E-state index in [0.717, 1.165) is 5.56 Å². The topological polar surface area (TPSA) is 71.5 Å². The summed E-state index contributed by atoms with van der Waals surface area (Å²) in [6.45, 7) is 5.75. The number of aromatic nitrogens is 1. The van der Waals surface area contributed by atoms with Crippen molar-refractivity contribution in [2.24, 2.45) is 0 Å². The van der Waals surface area contributed by atoms with Crippen molar-refractivity contribution in [3.63, 3.8) is 0 Å². The Kier molecular flexibility index (Phi) is 4.16.